The van der Waals surface area contributed by atoms with Crippen molar-refractivity contribution < 1.29 is 4.74 Å². The van der Waals surface area contributed by atoms with E-state index in [1.165, 1.54) is 18.5 Å². The zero-order valence-electron chi connectivity index (χ0n) is 13.4. The Morgan fingerprint density at radius 3 is 2.86 bits per heavy atom. The normalized spacial score (nSPS) is 19.7. The van der Waals surface area contributed by atoms with Gasteiger partial charge < -0.3 is 9.72 Å². The van der Waals surface area contributed by atoms with E-state index in [-0.39, 0.29) is 5.41 Å². The molecule has 4 nitrogen and oxygen atoms in total. The fourth-order valence-corrected chi connectivity index (χ4v) is 2.89. The van der Waals surface area contributed by atoms with E-state index in [0.29, 0.717) is 6.04 Å². The number of fused-ring (bicyclic) bond motifs is 1. The minimum absolute atomic E-state index is 0.0256. The highest BCUT2D eigenvalue weighted by molar-refractivity contribution is 5.77. The van der Waals surface area contributed by atoms with Gasteiger partial charge >= 0.3 is 0 Å². The number of likely N-dealkylation sites (tertiary alicyclic amines) is 1. The molecule has 2 aromatic rings. The first-order valence-corrected chi connectivity index (χ1v) is 7.84. The molecule has 1 aliphatic heterocycles. The van der Waals surface area contributed by atoms with E-state index in [2.05, 4.69) is 54.7 Å². The Morgan fingerprint density at radius 2 is 2.24 bits per heavy atom. The number of likely N-dealkylation sites (N-methyl/N-ethyl adjacent to an activating group) is 1. The summed E-state index contributed by atoms with van der Waals surface area (Å²) >= 11 is 0. The first-order valence-electron chi connectivity index (χ1n) is 7.84. The lowest BCUT2D eigenvalue weighted by molar-refractivity contribution is 0.0540. The number of hydrogen-bond acceptors (Lipinski definition) is 3. The summed E-state index contributed by atoms with van der Waals surface area (Å²) in [6, 6.07) is 4.81. The number of hydrogen-bond donors (Lipinski definition) is 1. The molecule has 21 heavy (non-hydrogen) atoms. The number of ether oxygens (including phenoxy) is 1. The van der Waals surface area contributed by atoms with Crippen molar-refractivity contribution >= 4 is 11.0 Å². The fraction of sp³-hybridized carbons (Fsp3) is 0.588. The van der Waals surface area contributed by atoms with Crippen molar-refractivity contribution in [1.29, 1.82) is 0 Å². The molecule has 1 saturated heterocycles. The van der Waals surface area contributed by atoms with E-state index >= 15 is 0 Å². The molecule has 1 N–H and O–H groups in total. The SMILES string of the molecule is CCN1CCC1COc1nc2[nH]ccc2cc1C(C)(C)C. The molecule has 1 unspecified atom stereocenters. The van der Waals surface area contributed by atoms with Crippen LogP contribution in [0.2, 0.25) is 0 Å². The summed E-state index contributed by atoms with van der Waals surface area (Å²) in [5.74, 6) is 0.778. The molecule has 1 fully saturated rings. The van der Waals surface area contributed by atoms with Crippen LogP contribution in [-0.2, 0) is 5.41 Å². The molecule has 3 heterocycles. The van der Waals surface area contributed by atoms with Crippen molar-refractivity contribution in [2.75, 3.05) is 19.7 Å². The summed E-state index contributed by atoms with van der Waals surface area (Å²) < 4.78 is 6.10. The van der Waals surface area contributed by atoms with Crippen molar-refractivity contribution in [2.24, 2.45) is 0 Å². The number of nitrogens with one attached hydrogen (secondary N) is 1. The van der Waals surface area contributed by atoms with Crippen LogP contribution >= 0.6 is 0 Å². The highest BCUT2D eigenvalue weighted by Crippen LogP contribution is 2.33. The fourth-order valence-electron chi connectivity index (χ4n) is 2.89. The minimum atomic E-state index is 0.0256. The quantitative estimate of drug-likeness (QED) is 0.937. The van der Waals surface area contributed by atoms with Crippen LogP contribution in [-0.4, -0.2) is 40.6 Å². The number of rotatable bonds is 4. The van der Waals surface area contributed by atoms with E-state index in [1.807, 2.05) is 6.20 Å². The average Bonchev–Trinajstić information content (AvgIpc) is 2.83. The predicted octanol–water partition coefficient (Wildman–Crippen LogP) is 3.33. The predicted molar refractivity (Wildman–Crippen MR) is 85.9 cm³/mol. The Balaban J connectivity index is 1.85. The van der Waals surface area contributed by atoms with Crippen LogP contribution in [0.3, 0.4) is 0 Å². The Morgan fingerprint density at radius 1 is 1.43 bits per heavy atom. The van der Waals surface area contributed by atoms with Crippen molar-refractivity contribution in [3.63, 3.8) is 0 Å². The van der Waals surface area contributed by atoms with Crippen LogP contribution in [0.4, 0.5) is 0 Å². The molecule has 1 aliphatic rings. The molecule has 4 heteroatoms. The smallest absolute Gasteiger partial charge is 0.219 e. The molecule has 0 radical (unpaired) electrons. The summed E-state index contributed by atoms with van der Waals surface area (Å²) in [4.78, 5) is 10.3. The Bertz CT molecular complexity index is 624. The lowest BCUT2D eigenvalue weighted by atomic mass is 9.87. The van der Waals surface area contributed by atoms with E-state index in [9.17, 15) is 0 Å². The maximum absolute atomic E-state index is 6.10. The molecule has 3 rings (SSSR count). The second-order valence-corrected chi connectivity index (χ2v) is 6.89. The Kier molecular flexibility index (Phi) is 3.66. The second kappa shape index (κ2) is 5.34. The lowest BCUT2D eigenvalue weighted by Crippen LogP contribution is -2.50. The minimum Gasteiger partial charge on any atom is -0.476 e. The zero-order chi connectivity index (χ0) is 15.0. The number of pyridine rings is 1. The highest BCUT2D eigenvalue weighted by atomic mass is 16.5. The average molecular weight is 287 g/mol. The van der Waals surface area contributed by atoms with Gasteiger partial charge in [-0.05, 0) is 30.5 Å². The molecule has 0 aromatic carbocycles. The number of nitrogens with zero attached hydrogens (tertiary/aromatic N) is 2. The molecule has 0 bridgehead atoms. The third-order valence-electron chi connectivity index (χ3n) is 4.39. The molecule has 0 aliphatic carbocycles. The standard InChI is InChI=1S/C17H25N3O/c1-5-20-9-7-13(20)11-21-16-14(17(2,3)4)10-12-6-8-18-15(12)19-16/h6,8,10,13H,5,7,9,11H2,1-4H3,(H,18,19). The number of H-pyrrole nitrogens is 1. The zero-order valence-corrected chi connectivity index (χ0v) is 13.4. The molecule has 0 spiro atoms. The van der Waals surface area contributed by atoms with Crippen molar-refractivity contribution in [1.82, 2.24) is 14.9 Å². The van der Waals surface area contributed by atoms with E-state index in [4.69, 9.17) is 4.74 Å². The number of aromatic nitrogens is 2. The van der Waals surface area contributed by atoms with Gasteiger partial charge in [-0.15, -0.1) is 0 Å². The van der Waals surface area contributed by atoms with Gasteiger partial charge in [-0.3, -0.25) is 4.90 Å². The van der Waals surface area contributed by atoms with Gasteiger partial charge in [0.2, 0.25) is 5.88 Å². The van der Waals surface area contributed by atoms with E-state index in [0.717, 1.165) is 30.1 Å². The molecule has 0 amide bonds. The van der Waals surface area contributed by atoms with Crippen molar-refractivity contribution in [3.05, 3.63) is 23.9 Å². The summed E-state index contributed by atoms with van der Waals surface area (Å²) in [7, 11) is 0. The van der Waals surface area contributed by atoms with E-state index < -0.39 is 0 Å². The maximum atomic E-state index is 6.10. The van der Waals surface area contributed by atoms with Gasteiger partial charge in [-0.25, -0.2) is 0 Å². The van der Waals surface area contributed by atoms with Crippen LogP contribution in [0, 0.1) is 0 Å². The van der Waals surface area contributed by atoms with Crippen LogP contribution in [0.5, 0.6) is 5.88 Å². The Labute approximate surface area is 126 Å². The second-order valence-electron chi connectivity index (χ2n) is 6.89. The van der Waals surface area contributed by atoms with Gasteiger partial charge in [0.1, 0.15) is 12.3 Å². The third kappa shape index (κ3) is 2.77. The monoisotopic (exact) mass is 287 g/mol. The van der Waals surface area contributed by atoms with Crippen molar-refractivity contribution in [2.45, 2.75) is 45.6 Å². The van der Waals surface area contributed by atoms with Crippen LogP contribution in [0.1, 0.15) is 39.7 Å². The van der Waals surface area contributed by atoms with Crippen LogP contribution in [0.25, 0.3) is 11.0 Å². The summed E-state index contributed by atoms with van der Waals surface area (Å²) in [6.07, 6.45) is 3.15. The van der Waals surface area contributed by atoms with Gasteiger partial charge in [0.05, 0.1) is 0 Å². The third-order valence-corrected chi connectivity index (χ3v) is 4.39. The maximum Gasteiger partial charge on any atom is 0.219 e. The van der Waals surface area contributed by atoms with Gasteiger partial charge in [0.25, 0.3) is 0 Å². The molecule has 2 aromatic heterocycles. The van der Waals surface area contributed by atoms with Gasteiger partial charge in [0, 0.05) is 29.7 Å². The molecule has 0 saturated carbocycles. The molecular weight excluding hydrogens is 262 g/mol. The van der Waals surface area contributed by atoms with Crippen LogP contribution < -0.4 is 4.74 Å². The summed E-state index contributed by atoms with van der Waals surface area (Å²) in [5.41, 5.74) is 2.11. The van der Waals surface area contributed by atoms with Crippen LogP contribution in [0.15, 0.2) is 18.3 Å². The first kappa shape index (κ1) is 14.4. The van der Waals surface area contributed by atoms with Gasteiger partial charge in [0.15, 0.2) is 0 Å². The Hall–Kier alpha value is -1.55. The summed E-state index contributed by atoms with van der Waals surface area (Å²) in [5, 5.41) is 1.14. The lowest BCUT2D eigenvalue weighted by Gasteiger charge is -2.40. The highest BCUT2D eigenvalue weighted by Gasteiger charge is 2.28. The first-order chi connectivity index (χ1) is 9.99. The summed E-state index contributed by atoms with van der Waals surface area (Å²) in [6.45, 7) is 11.8. The molecule has 114 valence electrons. The number of aromatic amines is 1. The van der Waals surface area contributed by atoms with Gasteiger partial charge in [-0.1, -0.05) is 27.7 Å². The van der Waals surface area contributed by atoms with Gasteiger partial charge in [-0.2, -0.15) is 4.98 Å². The van der Waals surface area contributed by atoms with Crippen molar-refractivity contribution in [3.8, 4) is 5.88 Å². The van der Waals surface area contributed by atoms with E-state index in [1.54, 1.807) is 0 Å². The largest absolute Gasteiger partial charge is 0.476 e. The molecule has 1 atom stereocenters. The topological polar surface area (TPSA) is 41.1 Å². The molecular formula is C17H25N3O.